The van der Waals surface area contributed by atoms with Crippen LogP contribution in [0.3, 0.4) is 0 Å². The lowest BCUT2D eigenvalue weighted by molar-refractivity contribution is 0.111. The molecule has 1 rings (SSSR count). The molecular formula is C11H13FO4. The van der Waals surface area contributed by atoms with Crippen LogP contribution in [0.5, 0.6) is 11.5 Å². The van der Waals surface area contributed by atoms with Crippen molar-refractivity contribution >= 4 is 6.29 Å². The fraction of sp³-hybridized carbons (Fsp3) is 0.364. The van der Waals surface area contributed by atoms with E-state index in [9.17, 15) is 9.18 Å². The van der Waals surface area contributed by atoms with Gasteiger partial charge in [0.1, 0.15) is 12.4 Å². The summed E-state index contributed by atoms with van der Waals surface area (Å²) in [7, 11) is 2.96. The number of aldehydes is 1. The molecule has 0 aliphatic carbocycles. The molecule has 0 bridgehead atoms. The van der Waals surface area contributed by atoms with Gasteiger partial charge in [-0.15, -0.1) is 0 Å². The minimum Gasteiger partial charge on any atom is -0.493 e. The fourth-order valence-electron chi connectivity index (χ4n) is 1.15. The lowest BCUT2D eigenvalue weighted by Gasteiger charge is -2.11. The van der Waals surface area contributed by atoms with Gasteiger partial charge in [-0.05, 0) is 6.07 Å². The number of methoxy groups -OCH3 is 2. The summed E-state index contributed by atoms with van der Waals surface area (Å²) in [4.78, 5) is 10.5. The number of hydrogen-bond donors (Lipinski definition) is 0. The maximum atomic E-state index is 13.3. The third-order valence-corrected chi connectivity index (χ3v) is 1.95. The van der Waals surface area contributed by atoms with Crippen LogP contribution in [0.15, 0.2) is 12.1 Å². The molecular weight excluding hydrogens is 215 g/mol. The summed E-state index contributed by atoms with van der Waals surface area (Å²) < 4.78 is 28.3. The van der Waals surface area contributed by atoms with E-state index in [1.165, 1.54) is 20.3 Å². The largest absolute Gasteiger partial charge is 0.493 e. The van der Waals surface area contributed by atoms with E-state index in [4.69, 9.17) is 14.2 Å². The molecule has 5 heteroatoms. The Morgan fingerprint density at radius 3 is 2.56 bits per heavy atom. The summed E-state index contributed by atoms with van der Waals surface area (Å²) in [6.45, 7) is 0.674. The molecule has 1 aromatic carbocycles. The topological polar surface area (TPSA) is 44.8 Å². The van der Waals surface area contributed by atoms with Crippen LogP contribution in [0.2, 0.25) is 0 Å². The molecule has 0 aromatic heterocycles. The molecule has 0 aliphatic heterocycles. The minimum absolute atomic E-state index is 0.0593. The van der Waals surface area contributed by atoms with Gasteiger partial charge in [0.05, 0.1) is 19.3 Å². The molecule has 4 nitrogen and oxygen atoms in total. The first-order valence-electron chi connectivity index (χ1n) is 4.67. The van der Waals surface area contributed by atoms with E-state index < -0.39 is 5.82 Å². The smallest absolute Gasteiger partial charge is 0.164 e. The highest BCUT2D eigenvalue weighted by Crippen LogP contribution is 2.29. The van der Waals surface area contributed by atoms with Crippen molar-refractivity contribution in [2.24, 2.45) is 0 Å². The molecule has 0 unspecified atom stereocenters. The summed E-state index contributed by atoms with van der Waals surface area (Å²) in [5.74, 6) is -0.0644. The monoisotopic (exact) mass is 228 g/mol. The number of carbonyl (C=O) groups is 1. The second-order valence-corrected chi connectivity index (χ2v) is 2.98. The molecule has 0 saturated heterocycles. The molecule has 0 N–H and O–H groups in total. The fourth-order valence-corrected chi connectivity index (χ4v) is 1.15. The Labute approximate surface area is 92.9 Å². The lowest BCUT2D eigenvalue weighted by atomic mass is 10.2. The first kappa shape index (κ1) is 12.4. The van der Waals surface area contributed by atoms with Gasteiger partial charge < -0.3 is 14.2 Å². The quantitative estimate of drug-likeness (QED) is 0.549. The molecule has 0 saturated carbocycles. The van der Waals surface area contributed by atoms with Crippen LogP contribution in [-0.2, 0) is 4.74 Å². The van der Waals surface area contributed by atoms with Crippen molar-refractivity contribution in [3.05, 3.63) is 23.5 Å². The van der Waals surface area contributed by atoms with Crippen molar-refractivity contribution < 1.29 is 23.4 Å². The molecule has 0 aliphatic rings. The average molecular weight is 228 g/mol. The molecule has 1 aromatic rings. The Kier molecular flexibility index (Phi) is 4.72. The highest BCUT2D eigenvalue weighted by Gasteiger charge is 2.10. The number of benzene rings is 1. The van der Waals surface area contributed by atoms with Crippen molar-refractivity contribution in [1.29, 1.82) is 0 Å². The third kappa shape index (κ3) is 2.93. The van der Waals surface area contributed by atoms with Gasteiger partial charge in [-0.3, -0.25) is 4.79 Å². The summed E-state index contributed by atoms with van der Waals surface area (Å²) in [5, 5.41) is 0. The van der Waals surface area contributed by atoms with Gasteiger partial charge in [0.25, 0.3) is 0 Å². The van der Waals surface area contributed by atoms with Gasteiger partial charge in [-0.2, -0.15) is 0 Å². The maximum Gasteiger partial charge on any atom is 0.164 e. The van der Waals surface area contributed by atoms with E-state index in [0.29, 0.717) is 18.6 Å². The predicted molar refractivity (Wildman–Crippen MR) is 55.7 cm³/mol. The predicted octanol–water partition coefficient (Wildman–Crippen LogP) is 1.67. The standard InChI is InChI=1S/C11H13FO4/c1-14-3-4-16-11-6-9(12)8(7-13)5-10(11)15-2/h5-7H,3-4H2,1-2H3. The van der Waals surface area contributed by atoms with Gasteiger partial charge in [-0.1, -0.05) is 0 Å². The summed E-state index contributed by atoms with van der Waals surface area (Å²) in [6.07, 6.45) is 0.427. The second-order valence-electron chi connectivity index (χ2n) is 2.98. The zero-order chi connectivity index (χ0) is 12.0. The maximum absolute atomic E-state index is 13.3. The summed E-state index contributed by atoms with van der Waals surface area (Å²) >= 11 is 0. The molecule has 0 fully saturated rings. The van der Waals surface area contributed by atoms with Gasteiger partial charge in [0.15, 0.2) is 17.8 Å². The van der Waals surface area contributed by atoms with Gasteiger partial charge >= 0.3 is 0 Å². The molecule has 16 heavy (non-hydrogen) atoms. The van der Waals surface area contributed by atoms with Crippen LogP contribution in [0, 0.1) is 5.82 Å². The van der Waals surface area contributed by atoms with Crippen LogP contribution in [-0.4, -0.2) is 33.7 Å². The number of hydrogen-bond acceptors (Lipinski definition) is 4. The molecule has 0 spiro atoms. The van der Waals surface area contributed by atoms with Crippen LogP contribution >= 0.6 is 0 Å². The van der Waals surface area contributed by atoms with Gasteiger partial charge in [0.2, 0.25) is 0 Å². The second kappa shape index (κ2) is 6.07. The lowest BCUT2D eigenvalue weighted by Crippen LogP contribution is -2.06. The van der Waals surface area contributed by atoms with Crippen LogP contribution in [0.25, 0.3) is 0 Å². The first-order valence-corrected chi connectivity index (χ1v) is 4.67. The van der Waals surface area contributed by atoms with E-state index in [2.05, 4.69) is 0 Å². The Hall–Kier alpha value is -1.62. The van der Waals surface area contributed by atoms with Crippen molar-refractivity contribution in [1.82, 2.24) is 0 Å². The van der Waals surface area contributed by atoms with Crippen molar-refractivity contribution in [2.45, 2.75) is 0 Å². The van der Waals surface area contributed by atoms with E-state index in [0.717, 1.165) is 6.07 Å². The highest BCUT2D eigenvalue weighted by molar-refractivity contribution is 5.76. The first-order chi connectivity index (χ1) is 7.72. The molecule has 0 radical (unpaired) electrons. The number of carbonyl (C=O) groups excluding carboxylic acids is 1. The Morgan fingerprint density at radius 2 is 2.00 bits per heavy atom. The van der Waals surface area contributed by atoms with Crippen LogP contribution in [0.4, 0.5) is 4.39 Å². The van der Waals surface area contributed by atoms with Crippen molar-refractivity contribution in [3.8, 4) is 11.5 Å². The zero-order valence-corrected chi connectivity index (χ0v) is 9.16. The number of halogens is 1. The SMILES string of the molecule is COCCOc1cc(F)c(C=O)cc1OC. The average Bonchev–Trinajstić information content (AvgIpc) is 2.30. The van der Waals surface area contributed by atoms with Crippen molar-refractivity contribution in [2.75, 3.05) is 27.4 Å². The summed E-state index contributed by atoms with van der Waals surface area (Å²) in [6, 6.07) is 2.42. The molecule has 88 valence electrons. The van der Waals surface area contributed by atoms with Crippen molar-refractivity contribution in [3.63, 3.8) is 0 Å². The Morgan fingerprint density at radius 1 is 1.25 bits per heavy atom. The van der Waals surface area contributed by atoms with Crippen LogP contribution in [0.1, 0.15) is 10.4 Å². The van der Waals surface area contributed by atoms with Crippen LogP contribution < -0.4 is 9.47 Å². The van der Waals surface area contributed by atoms with E-state index in [1.807, 2.05) is 0 Å². The Bertz CT molecular complexity index is 365. The number of ether oxygens (including phenoxy) is 3. The van der Waals surface area contributed by atoms with E-state index in [1.54, 1.807) is 0 Å². The van der Waals surface area contributed by atoms with Gasteiger partial charge in [-0.25, -0.2) is 4.39 Å². The molecule has 0 heterocycles. The molecule has 0 atom stereocenters. The van der Waals surface area contributed by atoms with E-state index >= 15 is 0 Å². The number of rotatable bonds is 6. The minimum atomic E-state index is -0.636. The third-order valence-electron chi connectivity index (χ3n) is 1.95. The normalized spacial score (nSPS) is 9.94. The van der Waals surface area contributed by atoms with E-state index in [-0.39, 0.29) is 17.9 Å². The molecule has 0 amide bonds. The highest BCUT2D eigenvalue weighted by atomic mass is 19.1. The van der Waals surface area contributed by atoms with Gasteiger partial charge in [0, 0.05) is 13.2 Å². The zero-order valence-electron chi connectivity index (χ0n) is 9.16. The Balaban J connectivity index is 2.89. The summed E-state index contributed by atoms with van der Waals surface area (Å²) in [5.41, 5.74) is -0.0593.